The van der Waals surface area contributed by atoms with Crippen molar-refractivity contribution in [3.05, 3.63) is 64.6 Å². The van der Waals surface area contributed by atoms with Crippen LogP contribution in [0.2, 0.25) is 0 Å². The topological polar surface area (TPSA) is 68.4 Å². The fourth-order valence-electron chi connectivity index (χ4n) is 4.37. The van der Waals surface area contributed by atoms with E-state index >= 15 is 0 Å². The minimum Gasteiger partial charge on any atom is -0.508 e. The summed E-state index contributed by atoms with van der Waals surface area (Å²) in [5.41, 5.74) is 4.00. The van der Waals surface area contributed by atoms with Gasteiger partial charge >= 0.3 is 0 Å². The molecule has 0 spiro atoms. The average Bonchev–Trinajstić information content (AvgIpc) is 3.34. The van der Waals surface area contributed by atoms with Crippen LogP contribution in [0, 0.1) is 5.82 Å². The normalized spacial score (nSPS) is 19.6. The van der Waals surface area contributed by atoms with Crippen LogP contribution in [0.25, 0.3) is 10.9 Å². The number of amides is 1. The Kier molecular flexibility index (Phi) is 3.68. The second-order valence-electron chi connectivity index (χ2n) is 7.37. The van der Waals surface area contributed by atoms with Gasteiger partial charge in [-0.2, -0.15) is 0 Å². The number of H-pyrrole nitrogens is 1. The van der Waals surface area contributed by atoms with Crippen molar-refractivity contribution in [2.24, 2.45) is 0 Å². The molecule has 5 nitrogen and oxygen atoms in total. The van der Waals surface area contributed by atoms with Gasteiger partial charge in [0, 0.05) is 34.3 Å². The molecule has 1 saturated heterocycles. The fraction of sp³-hybridized carbons (Fsp3) is 0.286. The average molecular weight is 365 g/mol. The minimum absolute atomic E-state index is 0.113. The SMILES string of the molecule is O=C1NC(c2c(CN3CCCC3)[nH]c3ccc(F)cc23)c2cc(O)ccc21. The Hall–Kier alpha value is -2.86. The first kappa shape index (κ1) is 16.3. The lowest BCUT2D eigenvalue weighted by Crippen LogP contribution is -2.23. The second-order valence-corrected chi connectivity index (χ2v) is 7.37. The number of aromatic nitrogens is 1. The van der Waals surface area contributed by atoms with Crippen molar-refractivity contribution in [1.29, 1.82) is 0 Å². The van der Waals surface area contributed by atoms with Gasteiger partial charge in [-0.05, 0) is 67.9 Å². The minimum atomic E-state index is -0.409. The molecule has 0 aliphatic carbocycles. The molecule has 1 aromatic heterocycles. The highest BCUT2D eigenvalue weighted by Gasteiger charge is 2.34. The van der Waals surface area contributed by atoms with Gasteiger partial charge < -0.3 is 15.4 Å². The van der Waals surface area contributed by atoms with E-state index in [0.717, 1.165) is 47.4 Å². The first-order valence-corrected chi connectivity index (χ1v) is 9.26. The van der Waals surface area contributed by atoms with Gasteiger partial charge in [0.05, 0.1) is 6.04 Å². The molecule has 3 heterocycles. The summed E-state index contributed by atoms with van der Waals surface area (Å²) in [5.74, 6) is -0.369. The summed E-state index contributed by atoms with van der Waals surface area (Å²) in [7, 11) is 0. The molecule has 27 heavy (non-hydrogen) atoms. The molecular weight excluding hydrogens is 345 g/mol. The van der Waals surface area contributed by atoms with Gasteiger partial charge in [-0.25, -0.2) is 4.39 Å². The van der Waals surface area contributed by atoms with E-state index in [9.17, 15) is 14.3 Å². The van der Waals surface area contributed by atoms with Gasteiger partial charge in [-0.3, -0.25) is 9.69 Å². The maximum atomic E-state index is 14.0. The number of benzene rings is 2. The Morgan fingerprint density at radius 3 is 2.78 bits per heavy atom. The van der Waals surface area contributed by atoms with E-state index in [1.54, 1.807) is 18.2 Å². The fourth-order valence-corrected chi connectivity index (χ4v) is 4.37. The van der Waals surface area contributed by atoms with Crippen molar-refractivity contribution in [2.45, 2.75) is 25.4 Å². The van der Waals surface area contributed by atoms with Crippen LogP contribution >= 0.6 is 0 Å². The summed E-state index contributed by atoms with van der Waals surface area (Å²) < 4.78 is 14.0. The standard InChI is InChI=1S/C21H20FN3O2/c22-12-3-6-17-16(9-12)19(18(23-17)11-25-7-1-2-8-25)20-15-10-13(26)4-5-14(15)21(27)24-20/h3-6,9-10,20,23,26H,1-2,7-8,11H2,(H,24,27). The molecule has 0 bridgehead atoms. The summed E-state index contributed by atoms with van der Waals surface area (Å²) in [6.07, 6.45) is 2.36. The molecule has 3 N–H and O–H groups in total. The van der Waals surface area contributed by atoms with Crippen LogP contribution < -0.4 is 5.32 Å². The highest BCUT2D eigenvalue weighted by Crippen LogP contribution is 2.39. The van der Waals surface area contributed by atoms with Crippen molar-refractivity contribution in [2.75, 3.05) is 13.1 Å². The van der Waals surface area contributed by atoms with Gasteiger partial charge in [0.1, 0.15) is 11.6 Å². The molecule has 6 heteroatoms. The molecule has 1 amide bonds. The molecule has 2 aliphatic heterocycles. The summed E-state index contributed by atoms with van der Waals surface area (Å²) >= 11 is 0. The zero-order valence-electron chi connectivity index (χ0n) is 14.8. The van der Waals surface area contributed by atoms with Gasteiger partial charge in [0.15, 0.2) is 0 Å². The summed E-state index contributed by atoms with van der Waals surface area (Å²) in [6, 6.07) is 9.05. The van der Waals surface area contributed by atoms with Crippen LogP contribution in [-0.2, 0) is 6.54 Å². The third-order valence-corrected chi connectivity index (χ3v) is 5.62. The maximum Gasteiger partial charge on any atom is 0.252 e. The van der Waals surface area contributed by atoms with Crippen LogP contribution in [0.3, 0.4) is 0 Å². The van der Waals surface area contributed by atoms with Gasteiger partial charge in [-0.15, -0.1) is 0 Å². The lowest BCUT2D eigenvalue weighted by atomic mass is 9.95. The number of aromatic amines is 1. The lowest BCUT2D eigenvalue weighted by molar-refractivity contribution is 0.0960. The van der Waals surface area contributed by atoms with E-state index in [1.807, 2.05) is 0 Å². The third kappa shape index (κ3) is 2.68. The van der Waals surface area contributed by atoms with Crippen molar-refractivity contribution in [3.63, 3.8) is 0 Å². The number of hydrogen-bond acceptors (Lipinski definition) is 3. The zero-order valence-corrected chi connectivity index (χ0v) is 14.8. The zero-order chi connectivity index (χ0) is 18.5. The summed E-state index contributed by atoms with van der Waals surface area (Å²) in [5, 5.41) is 13.7. The molecule has 1 fully saturated rings. The van der Waals surface area contributed by atoms with E-state index in [2.05, 4.69) is 15.2 Å². The summed E-state index contributed by atoms with van der Waals surface area (Å²) in [4.78, 5) is 18.3. The van der Waals surface area contributed by atoms with E-state index in [4.69, 9.17) is 0 Å². The van der Waals surface area contributed by atoms with Gasteiger partial charge in [0.2, 0.25) is 0 Å². The number of nitrogens with zero attached hydrogens (tertiary/aromatic N) is 1. The number of likely N-dealkylation sites (tertiary alicyclic amines) is 1. The van der Waals surface area contributed by atoms with Crippen molar-refractivity contribution in [1.82, 2.24) is 15.2 Å². The molecule has 138 valence electrons. The van der Waals surface area contributed by atoms with Crippen LogP contribution in [0.4, 0.5) is 4.39 Å². The third-order valence-electron chi connectivity index (χ3n) is 5.62. The number of carbonyl (C=O) groups is 1. The smallest absolute Gasteiger partial charge is 0.252 e. The number of phenols is 1. The number of aromatic hydroxyl groups is 1. The molecular formula is C21H20FN3O2. The largest absolute Gasteiger partial charge is 0.508 e. The number of nitrogens with one attached hydrogen (secondary N) is 2. The Balaban J connectivity index is 1.68. The Morgan fingerprint density at radius 1 is 1.15 bits per heavy atom. The van der Waals surface area contributed by atoms with Crippen LogP contribution in [0.1, 0.15) is 46.1 Å². The monoisotopic (exact) mass is 365 g/mol. The highest BCUT2D eigenvalue weighted by atomic mass is 19.1. The first-order chi connectivity index (χ1) is 13.1. The number of carbonyl (C=O) groups excluding carboxylic acids is 1. The van der Waals surface area contributed by atoms with Gasteiger partial charge in [-0.1, -0.05) is 0 Å². The van der Waals surface area contributed by atoms with Crippen molar-refractivity contribution in [3.8, 4) is 5.75 Å². The van der Waals surface area contributed by atoms with E-state index in [-0.39, 0.29) is 17.5 Å². The molecule has 2 aromatic carbocycles. The van der Waals surface area contributed by atoms with Gasteiger partial charge in [0.25, 0.3) is 5.91 Å². The van der Waals surface area contributed by atoms with Crippen LogP contribution in [0.15, 0.2) is 36.4 Å². The Morgan fingerprint density at radius 2 is 1.96 bits per heavy atom. The van der Waals surface area contributed by atoms with Crippen LogP contribution in [0.5, 0.6) is 5.75 Å². The Bertz CT molecular complexity index is 1050. The van der Waals surface area contributed by atoms with E-state index < -0.39 is 6.04 Å². The van der Waals surface area contributed by atoms with Crippen LogP contribution in [-0.4, -0.2) is 34.0 Å². The second kappa shape index (κ2) is 6.09. The lowest BCUT2D eigenvalue weighted by Gasteiger charge is -2.18. The van der Waals surface area contributed by atoms with Crippen molar-refractivity contribution < 1.29 is 14.3 Å². The molecule has 1 atom stereocenters. The molecule has 0 saturated carbocycles. The molecule has 0 radical (unpaired) electrons. The number of halogens is 1. The first-order valence-electron chi connectivity index (χ1n) is 9.26. The number of hydrogen-bond donors (Lipinski definition) is 3. The quantitative estimate of drug-likeness (QED) is 0.666. The van der Waals surface area contributed by atoms with E-state index in [1.165, 1.54) is 31.0 Å². The molecule has 5 rings (SSSR count). The Labute approximate surface area is 155 Å². The predicted molar refractivity (Wildman–Crippen MR) is 100 cm³/mol. The molecule has 1 unspecified atom stereocenters. The predicted octanol–water partition coefficient (Wildman–Crippen LogP) is 3.44. The number of phenolic OH excluding ortho intramolecular Hbond substituents is 1. The van der Waals surface area contributed by atoms with E-state index in [0.29, 0.717) is 5.56 Å². The number of rotatable bonds is 3. The number of fused-ring (bicyclic) bond motifs is 2. The molecule has 3 aromatic rings. The maximum absolute atomic E-state index is 14.0. The summed E-state index contributed by atoms with van der Waals surface area (Å²) in [6.45, 7) is 2.81. The van der Waals surface area contributed by atoms with Crippen molar-refractivity contribution >= 4 is 16.8 Å². The molecule has 2 aliphatic rings. The highest BCUT2D eigenvalue weighted by molar-refractivity contribution is 6.01.